The van der Waals surface area contributed by atoms with Crippen molar-refractivity contribution >= 4 is 17.6 Å². The van der Waals surface area contributed by atoms with Crippen LogP contribution in [0.3, 0.4) is 0 Å². The van der Waals surface area contributed by atoms with E-state index in [9.17, 15) is 9.59 Å². The number of hydrogen-bond donors (Lipinski definition) is 0. The van der Waals surface area contributed by atoms with Crippen LogP contribution in [0.15, 0.2) is 30.3 Å². The summed E-state index contributed by atoms with van der Waals surface area (Å²) in [5, 5.41) is 0. The van der Waals surface area contributed by atoms with E-state index in [1.165, 1.54) is 0 Å². The van der Waals surface area contributed by atoms with Crippen LogP contribution in [-0.4, -0.2) is 57.8 Å². The molecule has 2 aliphatic heterocycles. The Kier molecular flexibility index (Phi) is 6.55. The fourth-order valence-corrected chi connectivity index (χ4v) is 4.75. The van der Waals surface area contributed by atoms with Crippen LogP contribution in [0.4, 0.5) is 5.82 Å². The van der Waals surface area contributed by atoms with Crippen molar-refractivity contribution in [1.29, 1.82) is 0 Å². The monoisotopic (exact) mass is 435 g/mol. The molecule has 1 fully saturated rings. The fourth-order valence-electron chi connectivity index (χ4n) is 4.75. The number of nitrogens with zero attached hydrogens (tertiary/aromatic N) is 5. The van der Waals surface area contributed by atoms with Gasteiger partial charge in [-0.25, -0.2) is 9.97 Å². The number of likely N-dealkylation sites (tertiary alicyclic amines) is 1. The van der Waals surface area contributed by atoms with Gasteiger partial charge in [-0.05, 0) is 52.1 Å². The highest BCUT2D eigenvalue weighted by Gasteiger charge is 2.34. The summed E-state index contributed by atoms with van der Waals surface area (Å²) in [4.78, 5) is 40.9. The van der Waals surface area contributed by atoms with Crippen molar-refractivity contribution in [3.8, 4) is 0 Å². The second-order valence-corrected chi connectivity index (χ2v) is 9.15. The highest BCUT2D eigenvalue weighted by Crippen LogP contribution is 2.34. The molecule has 0 bridgehead atoms. The zero-order valence-electron chi connectivity index (χ0n) is 19.5. The van der Waals surface area contributed by atoms with Crippen molar-refractivity contribution in [2.24, 2.45) is 0 Å². The summed E-state index contributed by atoms with van der Waals surface area (Å²) in [6.45, 7) is 7.93. The number of benzene rings is 1. The minimum absolute atomic E-state index is 0.000818. The maximum atomic E-state index is 13.3. The number of fused-ring (bicyclic) bond motifs is 1. The SMILES string of the molecule is Cc1nc(C2CCCN2CC(=O)N(Cc2ccccc2)C(C)C)nc2c1CCC(=O)N2C. The summed E-state index contributed by atoms with van der Waals surface area (Å²) >= 11 is 0. The quantitative estimate of drug-likeness (QED) is 0.697. The normalized spacial score (nSPS) is 18.8. The second kappa shape index (κ2) is 9.36. The molecular formula is C25H33N5O2. The van der Waals surface area contributed by atoms with Crippen LogP contribution in [0.5, 0.6) is 0 Å². The molecule has 170 valence electrons. The topological polar surface area (TPSA) is 69.6 Å². The van der Waals surface area contributed by atoms with Crippen LogP contribution < -0.4 is 4.90 Å². The molecule has 4 rings (SSSR count). The van der Waals surface area contributed by atoms with E-state index >= 15 is 0 Å². The van der Waals surface area contributed by atoms with Crippen molar-refractivity contribution in [2.45, 2.75) is 65.1 Å². The van der Waals surface area contributed by atoms with E-state index in [2.05, 4.69) is 30.9 Å². The van der Waals surface area contributed by atoms with Crippen LogP contribution in [0.25, 0.3) is 0 Å². The molecule has 2 amide bonds. The van der Waals surface area contributed by atoms with Crippen LogP contribution >= 0.6 is 0 Å². The molecular weight excluding hydrogens is 402 g/mol. The minimum atomic E-state index is -0.000818. The van der Waals surface area contributed by atoms with Gasteiger partial charge in [-0.1, -0.05) is 30.3 Å². The molecule has 1 unspecified atom stereocenters. The fraction of sp³-hybridized carbons (Fsp3) is 0.520. The third-order valence-electron chi connectivity index (χ3n) is 6.63. The van der Waals surface area contributed by atoms with E-state index < -0.39 is 0 Å². The van der Waals surface area contributed by atoms with Gasteiger partial charge in [-0.3, -0.25) is 19.4 Å². The zero-order valence-corrected chi connectivity index (χ0v) is 19.5. The number of rotatable bonds is 6. The summed E-state index contributed by atoms with van der Waals surface area (Å²) < 4.78 is 0. The van der Waals surface area contributed by atoms with Crippen LogP contribution in [0.1, 0.15) is 61.8 Å². The van der Waals surface area contributed by atoms with Crippen molar-refractivity contribution in [3.05, 3.63) is 53.0 Å². The molecule has 7 heteroatoms. The van der Waals surface area contributed by atoms with E-state index in [1.807, 2.05) is 30.0 Å². The lowest BCUT2D eigenvalue weighted by Gasteiger charge is -2.31. The Bertz CT molecular complexity index is 991. The Hall–Kier alpha value is -2.80. The molecule has 1 aromatic carbocycles. The van der Waals surface area contributed by atoms with Crippen LogP contribution in [0.2, 0.25) is 0 Å². The highest BCUT2D eigenvalue weighted by atomic mass is 16.2. The van der Waals surface area contributed by atoms with Crippen molar-refractivity contribution in [3.63, 3.8) is 0 Å². The molecule has 3 heterocycles. The molecule has 0 saturated carbocycles. The number of anilines is 1. The van der Waals surface area contributed by atoms with E-state index in [0.29, 0.717) is 25.9 Å². The van der Waals surface area contributed by atoms with Gasteiger partial charge in [0, 0.05) is 37.3 Å². The number of hydrogen-bond acceptors (Lipinski definition) is 5. The van der Waals surface area contributed by atoms with E-state index in [4.69, 9.17) is 9.97 Å². The van der Waals surface area contributed by atoms with Gasteiger partial charge in [0.15, 0.2) is 0 Å². The molecule has 32 heavy (non-hydrogen) atoms. The maximum absolute atomic E-state index is 13.3. The molecule has 2 aromatic rings. The first-order chi connectivity index (χ1) is 15.3. The van der Waals surface area contributed by atoms with Gasteiger partial charge >= 0.3 is 0 Å². The molecule has 2 aliphatic rings. The predicted octanol–water partition coefficient (Wildman–Crippen LogP) is 3.27. The lowest BCUT2D eigenvalue weighted by Crippen LogP contribution is -2.43. The number of amides is 2. The summed E-state index contributed by atoms with van der Waals surface area (Å²) in [6, 6.07) is 10.2. The third kappa shape index (κ3) is 4.53. The van der Waals surface area contributed by atoms with Crippen molar-refractivity contribution < 1.29 is 9.59 Å². The summed E-state index contributed by atoms with van der Waals surface area (Å²) in [5.74, 6) is 1.67. The predicted molar refractivity (Wildman–Crippen MR) is 124 cm³/mol. The Labute approximate surface area is 190 Å². The first-order valence-electron chi connectivity index (χ1n) is 11.6. The Morgan fingerprint density at radius 3 is 2.66 bits per heavy atom. The molecule has 1 atom stereocenters. The zero-order chi connectivity index (χ0) is 22.8. The second-order valence-electron chi connectivity index (χ2n) is 9.15. The van der Waals surface area contributed by atoms with E-state index in [0.717, 1.165) is 47.8 Å². The van der Waals surface area contributed by atoms with E-state index in [-0.39, 0.29) is 23.9 Å². The van der Waals surface area contributed by atoms with Gasteiger partial charge in [-0.15, -0.1) is 0 Å². The largest absolute Gasteiger partial charge is 0.335 e. The number of aryl methyl sites for hydroxylation is 1. The van der Waals surface area contributed by atoms with Gasteiger partial charge in [0.2, 0.25) is 11.8 Å². The third-order valence-corrected chi connectivity index (χ3v) is 6.63. The number of carbonyl (C=O) groups excluding carboxylic acids is 2. The Morgan fingerprint density at radius 1 is 1.19 bits per heavy atom. The molecule has 0 spiro atoms. The molecule has 7 nitrogen and oxygen atoms in total. The summed E-state index contributed by atoms with van der Waals surface area (Å²) in [7, 11) is 1.79. The smallest absolute Gasteiger partial charge is 0.237 e. The first-order valence-corrected chi connectivity index (χ1v) is 11.6. The molecule has 0 radical (unpaired) electrons. The van der Waals surface area contributed by atoms with Crippen molar-refractivity contribution in [1.82, 2.24) is 19.8 Å². The highest BCUT2D eigenvalue weighted by molar-refractivity contribution is 5.94. The van der Waals surface area contributed by atoms with Crippen LogP contribution in [0, 0.1) is 6.92 Å². The molecule has 0 N–H and O–H groups in total. The van der Waals surface area contributed by atoms with Gasteiger partial charge in [0.1, 0.15) is 11.6 Å². The summed E-state index contributed by atoms with van der Waals surface area (Å²) in [5.41, 5.74) is 3.13. The van der Waals surface area contributed by atoms with Gasteiger partial charge in [0.25, 0.3) is 0 Å². The van der Waals surface area contributed by atoms with Gasteiger partial charge in [0.05, 0.1) is 12.6 Å². The molecule has 1 aromatic heterocycles. The minimum Gasteiger partial charge on any atom is -0.335 e. The van der Waals surface area contributed by atoms with E-state index in [1.54, 1.807) is 11.9 Å². The molecule has 0 aliphatic carbocycles. The average molecular weight is 436 g/mol. The van der Waals surface area contributed by atoms with Gasteiger partial charge in [-0.2, -0.15) is 0 Å². The Morgan fingerprint density at radius 2 is 1.94 bits per heavy atom. The average Bonchev–Trinajstić information content (AvgIpc) is 3.23. The van der Waals surface area contributed by atoms with Crippen LogP contribution in [-0.2, 0) is 22.6 Å². The van der Waals surface area contributed by atoms with Crippen molar-refractivity contribution in [2.75, 3.05) is 25.0 Å². The molecule has 1 saturated heterocycles. The number of aromatic nitrogens is 2. The maximum Gasteiger partial charge on any atom is 0.237 e. The Balaban J connectivity index is 1.53. The van der Waals surface area contributed by atoms with Gasteiger partial charge < -0.3 is 4.90 Å². The summed E-state index contributed by atoms with van der Waals surface area (Å²) in [6.07, 6.45) is 3.12. The lowest BCUT2D eigenvalue weighted by molar-refractivity contribution is -0.135. The number of carbonyl (C=O) groups is 2. The first kappa shape index (κ1) is 22.4. The lowest BCUT2D eigenvalue weighted by atomic mass is 10.0. The standard InChI is InChI=1S/C25H33N5O2/c1-17(2)30(15-19-9-6-5-7-10-19)23(32)16-29-14-8-11-21(29)24-26-18(3)20-12-13-22(31)28(4)25(20)27-24/h5-7,9-10,17,21H,8,11-16H2,1-4H3.